The lowest BCUT2D eigenvalue weighted by molar-refractivity contribution is 0.206. The van der Waals surface area contributed by atoms with Crippen LogP contribution >= 0.6 is 0 Å². The van der Waals surface area contributed by atoms with Crippen molar-refractivity contribution in [1.29, 1.82) is 0 Å². The molecule has 0 aliphatic carbocycles. The summed E-state index contributed by atoms with van der Waals surface area (Å²) in [5.41, 5.74) is 9.16. The number of aliphatic hydroxyl groups is 1. The Hall–Kier alpha value is -2.52. The van der Waals surface area contributed by atoms with Crippen molar-refractivity contribution in [3.05, 3.63) is 96.0 Å². The summed E-state index contributed by atoms with van der Waals surface area (Å²) in [4.78, 5) is 0. The van der Waals surface area contributed by atoms with Crippen LogP contribution in [0, 0.1) is 0 Å². The standard InChI is InChI=1S/C19H23NO.CH4O/c1-5-10-15(3)18(6-2)13-19(16(4)20)21-14-17-11-8-7-9-12-17;1-2/h5-13H,3-4,14,20H2,1-2H3;2H,1H3/b10-5-,18-6+,19-13+;. The summed E-state index contributed by atoms with van der Waals surface area (Å²) in [7, 11) is 1.00. The van der Waals surface area contributed by atoms with Crippen molar-refractivity contribution in [1.82, 2.24) is 0 Å². The van der Waals surface area contributed by atoms with Crippen LogP contribution in [0.15, 0.2) is 90.4 Å². The summed E-state index contributed by atoms with van der Waals surface area (Å²) < 4.78 is 5.78. The van der Waals surface area contributed by atoms with Crippen LogP contribution in [0.25, 0.3) is 0 Å². The molecule has 3 N–H and O–H groups in total. The fourth-order valence-corrected chi connectivity index (χ4v) is 1.76. The number of hydrogen-bond donors (Lipinski definition) is 2. The van der Waals surface area contributed by atoms with E-state index >= 15 is 0 Å². The summed E-state index contributed by atoms with van der Waals surface area (Å²) in [6, 6.07) is 9.94. The number of hydrogen-bond acceptors (Lipinski definition) is 3. The monoisotopic (exact) mass is 313 g/mol. The lowest BCUT2D eigenvalue weighted by atomic mass is 10.1. The van der Waals surface area contributed by atoms with Gasteiger partial charge < -0.3 is 15.6 Å². The van der Waals surface area contributed by atoms with Gasteiger partial charge in [0.1, 0.15) is 12.4 Å². The highest BCUT2D eigenvalue weighted by atomic mass is 16.5. The van der Waals surface area contributed by atoms with Gasteiger partial charge in [0.15, 0.2) is 0 Å². The van der Waals surface area contributed by atoms with Crippen molar-refractivity contribution in [3.63, 3.8) is 0 Å². The van der Waals surface area contributed by atoms with Gasteiger partial charge in [-0.25, -0.2) is 0 Å². The molecule has 0 saturated heterocycles. The summed E-state index contributed by atoms with van der Waals surface area (Å²) >= 11 is 0. The molecule has 124 valence electrons. The minimum atomic E-state index is 0.401. The van der Waals surface area contributed by atoms with E-state index in [4.69, 9.17) is 15.6 Å². The molecule has 3 heteroatoms. The average Bonchev–Trinajstić information content (AvgIpc) is 2.57. The van der Waals surface area contributed by atoms with E-state index in [9.17, 15) is 0 Å². The second-order valence-electron chi connectivity index (χ2n) is 4.58. The molecule has 0 radical (unpaired) electrons. The molecule has 0 unspecified atom stereocenters. The van der Waals surface area contributed by atoms with Crippen LogP contribution in [0.5, 0.6) is 0 Å². The molecular formula is C20H27NO2. The average molecular weight is 313 g/mol. The number of benzene rings is 1. The summed E-state index contributed by atoms with van der Waals surface area (Å²) in [6.07, 6.45) is 7.73. The third-order valence-electron chi connectivity index (χ3n) is 2.89. The van der Waals surface area contributed by atoms with Crippen molar-refractivity contribution in [2.24, 2.45) is 5.73 Å². The first-order valence-corrected chi connectivity index (χ1v) is 7.34. The van der Waals surface area contributed by atoms with Crippen molar-refractivity contribution in [2.45, 2.75) is 20.5 Å². The molecule has 1 aromatic rings. The molecule has 0 aliphatic heterocycles. The zero-order chi connectivity index (χ0) is 17.7. The Bertz CT molecular complexity index is 581. The van der Waals surface area contributed by atoms with Crippen molar-refractivity contribution < 1.29 is 9.84 Å². The van der Waals surface area contributed by atoms with Gasteiger partial charge in [-0.2, -0.15) is 0 Å². The van der Waals surface area contributed by atoms with E-state index in [2.05, 4.69) is 13.2 Å². The minimum Gasteiger partial charge on any atom is -0.487 e. The molecule has 0 heterocycles. The first-order valence-electron chi connectivity index (χ1n) is 7.34. The molecule has 0 saturated carbocycles. The summed E-state index contributed by atoms with van der Waals surface area (Å²) in [6.45, 7) is 12.2. The third kappa shape index (κ3) is 7.88. The molecular weight excluding hydrogens is 286 g/mol. The smallest absolute Gasteiger partial charge is 0.142 e. The fourth-order valence-electron chi connectivity index (χ4n) is 1.76. The number of rotatable bonds is 7. The molecule has 3 nitrogen and oxygen atoms in total. The zero-order valence-electron chi connectivity index (χ0n) is 14.3. The molecule has 0 bridgehead atoms. The minimum absolute atomic E-state index is 0.401. The highest BCUT2D eigenvalue weighted by Gasteiger charge is 2.04. The van der Waals surface area contributed by atoms with E-state index in [-0.39, 0.29) is 0 Å². The first kappa shape index (κ1) is 20.5. The van der Waals surface area contributed by atoms with E-state index in [1.54, 1.807) is 0 Å². The number of ether oxygens (including phenoxy) is 1. The van der Waals surface area contributed by atoms with E-state index in [0.29, 0.717) is 18.1 Å². The van der Waals surface area contributed by atoms with Crippen LogP contribution in [0.1, 0.15) is 19.4 Å². The second kappa shape index (κ2) is 12.1. The van der Waals surface area contributed by atoms with Crippen LogP contribution in [-0.4, -0.2) is 12.2 Å². The highest BCUT2D eigenvalue weighted by Crippen LogP contribution is 2.17. The Balaban J connectivity index is 0.00000232. The Morgan fingerprint density at radius 2 is 1.78 bits per heavy atom. The maximum atomic E-state index is 7.00. The summed E-state index contributed by atoms with van der Waals surface area (Å²) in [5.74, 6) is 0.567. The van der Waals surface area contributed by atoms with Gasteiger partial charge in [0.2, 0.25) is 0 Å². The predicted octanol–water partition coefficient (Wildman–Crippen LogP) is 4.25. The van der Waals surface area contributed by atoms with E-state index in [0.717, 1.165) is 23.8 Å². The topological polar surface area (TPSA) is 55.5 Å². The number of aliphatic hydroxyl groups excluding tert-OH is 1. The van der Waals surface area contributed by atoms with Crippen LogP contribution in [0.3, 0.4) is 0 Å². The Morgan fingerprint density at radius 3 is 2.26 bits per heavy atom. The summed E-state index contributed by atoms with van der Waals surface area (Å²) in [5, 5.41) is 7.00. The lowest BCUT2D eigenvalue weighted by Gasteiger charge is -2.12. The molecule has 0 spiro atoms. The molecule has 0 fully saturated rings. The molecule has 1 aromatic carbocycles. The van der Waals surface area contributed by atoms with Crippen LogP contribution in [0.4, 0.5) is 0 Å². The molecule has 1 rings (SSSR count). The SMILES string of the molecule is C=C(/C=C\C)C(=C/C)/C=C(/OCc1ccccc1)C(=C)N.CO. The van der Waals surface area contributed by atoms with Gasteiger partial charge in [0.25, 0.3) is 0 Å². The normalized spacial score (nSPS) is 11.7. The van der Waals surface area contributed by atoms with Gasteiger partial charge in [0, 0.05) is 7.11 Å². The Morgan fingerprint density at radius 1 is 1.17 bits per heavy atom. The molecule has 23 heavy (non-hydrogen) atoms. The van der Waals surface area contributed by atoms with Crippen molar-refractivity contribution >= 4 is 0 Å². The van der Waals surface area contributed by atoms with Gasteiger partial charge in [-0.05, 0) is 36.6 Å². The van der Waals surface area contributed by atoms with Crippen LogP contribution in [0.2, 0.25) is 0 Å². The highest BCUT2D eigenvalue weighted by molar-refractivity contribution is 5.46. The molecule has 0 amide bonds. The largest absolute Gasteiger partial charge is 0.487 e. The first-order chi connectivity index (χ1) is 11.1. The van der Waals surface area contributed by atoms with Crippen LogP contribution in [-0.2, 0) is 11.3 Å². The Labute approximate surface area is 139 Å². The maximum absolute atomic E-state index is 7.00. The van der Waals surface area contributed by atoms with E-state index in [1.165, 1.54) is 0 Å². The van der Waals surface area contributed by atoms with Crippen molar-refractivity contribution in [2.75, 3.05) is 7.11 Å². The van der Waals surface area contributed by atoms with Gasteiger partial charge in [0.05, 0.1) is 5.70 Å². The number of nitrogens with two attached hydrogens (primary N) is 1. The van der Waals surface area contributed by atoms with Crippen molar-refractivity contribution in [3.8, 4) is 0 Å². The molecule has 0 aliphatic rings. The van der Waals surface area contributed by atoms with E-state index in [1.807, 2.05) is 68.5 Å². The van der Waals surface area contributed by atoms with E-state index < -0.39 is 0 Å². The third-order valence-corrected chi connectivity index (χ3v) is 2.89. The Kier molecular flexibility index (Phi) is 10.7. The molecule has 0 atom stereocenters. The molecule has 0 aromatic heterocycles. The lowest BCUT2D eigenvalue weighted by Crippen LogP contribution is -2.04. The number of allylic oxidation sites excluding steroid dienone is 6. The van der Waals surface area contributed by atoms with Gasteiger partial charge >= 0.3 is 0 Å². The van der Waals surface area contributed by atoms with Gasteiger partial charge in [-0.3, -0.25) is 0 Å². The quantitative estimate of drug-likeness (QED) is 0.584. The van der Waals surface area contributed by atoms with Gasteiger partial charge in [-0.1, -0.05) is 61.7 Å². The second-order valence-corrected chi connectivity index (χ2v) is 4.58. The zero-order valence-corrected chi connectivity index (χ0v) is 14.3. The maximum Gasteiger partial charge on any atom is 0.142 e. The van der Waals surface area contributed by atoms with Crippen LogP contribution < -0.4 is 5.73 Å². The predicted molar refractivity (Wildman–Crippen MR) is 98.5 cm³/mol. The van der Waals surface area contributed by atoms with Gasteiger partial charge in [-0.15, -0.1) is 0 Å². The fraction of sp³-hybridized carbons (Fsp3) is 0.200.